The van der Waals surface area contributed by atoms with Crippen LogP contribution in [-0.2, 0) is 0 Å². The van der Waals surface area contributed by atoms with Crippen molar-refractivity contribution in [2.24, 2.45) is 0 Å². The molecule has 0 amide bonds. The highest BCUT2D eigenvalue weighted by molar-refractivity contribution is 5.48. The summed E-state index contributed by atoms with van der Waals surface area (Å²) in [5.41, 5.74) is 6.58. The van der Waals surface area contributed by atoms with Crippen LogP contribution >= 0.6 is 0 Å². The first kappa shape index (κ1) is 9.31. The van der Waals surface area contributed by atoms with Gasteiger partial charge < -0.3 is 10.6 Å². The van der Waals surface area contributed by atoms with Crippen molar-refractivity contribution < 1.29 is 0 Å². The zero-order valence-electron chi connectivity index (χ0n) is 8.83. The van der Waals surface area contributed by atoms with Crippen molar-refractivity contribution in [3.8, 4) is 0 Å². The Morgan fingerprint density at radius 1 is 1.43 bits per heavy atom. The molecule has 0 atom stereocenters. The summed E-state index contributed by atoms with van der Waals surface area (Å²) in [6.45, 7) is 5.62. The lowest BCUT2D eigenvalue weighted by molar-refractivity contribution is 0.514. The summed E-state index contributed by atoms with van der Waals surface area (Å²) >= 11 is 0. The van der Waals surface area contributed by atoms with E-state index in [1.165, 1.54) is 12.8 Å². The van der Waals surface area contributed by atoms with E-state index in [1.54, 1.807) is 6.20 Å². The first-order valence-electron chi connectivity index (χ1n) is 5.09. The lowest BCUT2D eigenvalue weighted by Crippen LogP contribution is -2.38. The second kappa shape index (κ2) is 3.15. The molecule has 0 bridgehead atoms. The van der Waals surface area contributed by atoms with Gasteiger partial charge in [-0.2, -0.15) is 0 Å². The van der Waals surface area contributed by atoms with Crippen molar-refractivity contribution in [3.05, 3.63) is 18.3 Å². The topological polar surface area (TPSA) is 42.1 Å². The molecule has 2 heterocycles. The summed E-state index contributed by atoms with van der Waals surface area (Å²) in [6, 6.07) is 3.92. The summed E-state index contributed by atoms with van der Waals surface area (Å²) in [5, 5.41) is 0. The van der Waals surface area contributed by atoms with Gasteiger partial charge >= 0.3 is 0 Å². The van der Waals surface area contributed by atoms with Crippen LogP contribution in [0.4, 0.5) is 11.5 Å². The molecule has 1 aliphatic rings. The SMILES string of the molecule is CC1(C)CCCN1c1ccc(N)cn1. The summed E-state index contributed by atoms with van der Waals surface area (Å²) in [7, 11) is 0. The fourth-order valence-electron chi connectivity index (χ4n) is 2.09. The lowest BCUT2D eigenvalue weighted by Gasteiger charge is -2.32. The Balaban J connectivity index is 2.27. The molecule has 14 heavy (non-hydrogen) atoms. The Morgan fingerprint density at radius 3 is 2.71 bits per heavy atom. The minimum atomic E-state index is 0.239. The third kappa shape index (κ3) is 1.54. The van der Waals surface area contributed by atoms with Gasteiger partial charge in [0.15, 0.2) is 0 Å². The maximum absolute atomic E-state index is 5.61. The molecule has 1 aliphatic heterocycles. The summed E-state index contributed by atoms with van der Waals surface area (Å²) in [5.74, 6) is 1.04. The molecule has 0 saturated carbocycles. The second-order valence-corrected chi connectivity index (χ2v) is 4.52. The third-order valence-electron chi connectivity index (χ3n) is 2.95. The predicted octanol–water partition coefficient (Wildman–Crippen LogP) is 2.04. The van der Waals surface area contributed by atoms with Gasteiger partial charge in [0.1, 0.15) is 5.82 Å². The standard InChI is InChI=1S/C11H17N3/c1-11(2)6-3-7-14(11)10-5-4-9(12)8-13-10/h4-5,8H,3,6-7,12H2,1-2H3. The first-order valence-corrected chi connectivity index (χ1v) is 5.09. The fraction of sp³-hybridized carbons (Fsp3) is 0.545. The van der Waals surface area contributed by atoms with Gasteiger partial charge in [-0.05, 0) is 38.8 Å². The zero-order valence-corrected chi connectivity index (χ0v) is 8.83. The average molecular weight is 191 g/mol. The zero-order chi connectivity index (χ0) is 10.2. The van der Waals surface area contributed by atoms with Gasteiger partial charge in [0, 0.05) is 12.1 Å². The van der Waals surface area contributed by atoms with Crippen LogP contribution in [0.2, 0.25) is 0 Å². The number of nitrogens with two attached hydrogens (primary N) is 1. The molecule has 3 nitrogen and oxygen atoms in total. The normalized spacial score (nSPS) is 20.0. The lowest BCUT2D eigenvalue weighted by atomic mass is 10.0. The highest BCUT2D eigenvalue weighted by Gasteiger charge is 2.32. The Hall–Kier alpha value is -1.25. The van der Waals surface area contributed by atoms with Crippen molar-refractivity contribution in [1.29, 1.82) is 0 Å². The van der Waals surface area contributed by atoms with Crippen molar-refractivity contribution in [1.82, 2.24) is 4.98 Å². The van der Waals surface area contributed by atoms with E-state index >= 15 is 0 Å². The number of pyridine rings is 1. The Labute approximate surface area is 84.9 Å². The Bertz CT molecular complexity index is 316. The molecule has 0 aromatic carbocycles. The summed E-state index contributed by atoms with van der Waals surface area (Å²) < 4.78 is 0. The highest BCUT2D eigenvalue weighted by atomic mass is 15.3. The Morgan fingerprint density at radius 2 is 2.21 bits per heavy atom. The van der Waals surface area contributed by atoms with Gasteiger partial charge in [-0.25, -0.2) is 4.98 Å². The Kier molecular flexibility index (Phi) is 2.10. The molecule has 1 aromatic heterocycles. The molecule has 2 N–H and O–H groups in total. The van der Waals surface area contributed by atoms with Gasteiger partial charge in [0.05, 0.1) is 11.9 Å². The number of anilines is 2. The van der Waals surface area contributed by atoms with E-state index in [0.717, 1.165) is 18.1 Å². The average Bonchev–Trinajstić information content (AvgIpc) is 2.47. The van der Waals surface area contributed by atoms with Crippen LogP contribution in [-0.4, -0.2) is 17.1 Å². The second-order valence-electron chi connectivity index (χ2n) is 4.52. The maximum atomic E-state index is 5.61. The summed E-state index contributed by atoms with van der Waals surface area (Å²) in [6.07, 6.45) is 4.21. The van der Waals surface area contributed by atoms with Crippen LogP contribution in [0.15, 0.2) is 18.3 Å². The fourth-order valence-corrected chi connectivity index (χ4v) is 2.09. The van der Waals surface area contributed by atoms with Crippen LogP contribution < -0.4 is 10.6 Å². The number of rotatable bonds is 1. The van der Waals surface area contributed by atoms with Crippen LogP contribution in [0.25, 0.3) is 0 Å². The number of nitrogen functional groups attached to an aromatic ring is 1. The van der Waals surface area contributed by atoms with Crippen LogP contribution in [0.5, 0.6) is 0 Å². The van der Waals surface area contributed by atoms with E-state index in [0.29, 0.717) is 0 Å². The number of hydrogen-bond donors (Lipinski definition) is 1. The van der Waals surface area contributed by atoms with Gasteiger partial charge in [-0.15, -0.1) is 0 Å². The van der Waals surface area contributed by atoms with E-state index < -0.39 is 0 Å². The van der Waals surface area contributed by atoms with Gasteiger partial charge in [0.25, 0.3) is 0 Å². The maximum Gasteiger partial charge on any atom is 0.129 e. The number of aromatic nitrogens is 1. The summed E-state index contributed by atoms with van der Waals surface area (Å²) in [4.78, 5) is 6.71. The van der Waals surface area contributed by atoms with E-state index in [9.17, 15) is 0 Å². The largest absolute Gasteiger partial charge is 0.397 e. The molecular weight excluding hydrogens is 174 g/mol. The van der Waals surface area contributed by atoms with Crippen LogP contribution in [0, 0.1) is 0 Å². The third-order valence-corrected chi connectivity index (χ3v) is 2.95. The van der Waals surface area contributed by atoms with Gasteiger partial charge in [-0.3, -0.25) is 0 Å². The predicted molar refractivity (Wildman–Crippen MR) is 59.3 cm³/mol. The van der Waals surface area contributed by atoms with Crippen molar-refractivity contribution in [2.45, 2.75) is 32.2 Å². The monoisotopic (exact) mass is 191 g/mol. The molecule has 0 aliphatic carbocycles. The van der Waals surface area contributed by atoms with E-state index in [4.69, 9.17) is 5.73 Å². The molecule has 76 valence electrons. The van der Waals surface area contributed by atoms with E-state index in [-0.39, 0.29) is 5.54 Å². The van der Waals surface area contributed by atoms with Gasteiger partial charge in [0.2, 0.25) is 0 Å². The molecule has 2 rings (SSSR count). The van der Waals surface area contributed by atoms with E-state index in [1.807, 2.05) is 12.1 Å². The van der Waals surface area contributed by atoms with E-state index in [2.05, 4.69) is 23.7 Å². The first-order chi connectivity index (χ1) is 6.59. The minimum Gasteiger partial charge on any atom is -0.397 e. The smallest absolute Gasteiger partial charge is 0.129 e. The van der Waals surface area contributed by atoms with Crippen molar-refractivity contribution in [2.75, 3.05) is 17.2 Å². The highest BCUT2D eigenvalue weighted by Crippen LogP contribution is 2.32. The molecule has 0 spiro atoms. The molecule has 1 saturated heterocycles. The van der Waals surface area contributed by atoms with Crippen molar-refractivity contribution in [3.63, 3.8) is 0 Å². The number of nitrogens with zero attached hydrogens (tertiary/aromatic N) is 2. The molecule has 1 aromatic rings. The van der Waals surface area contributed by atoms with Crippen LogP contribution in [0.1, 0.15) is 26.7 Å². The van der Waals surface area contributed by atoms with Crippen LogP contribution in [0.3, 0.4) is 0 Å². The molecule has 3 heteroatoms. The molecular formula is C11H17N3. The molecule has 0 unspecified atom stereocenters. The molecule has 1 fully saturated rings. The minimum absolute atomic E-state index is 0.239. The quantitative estimate of drug-likeness (QED) is 0.738. The van der Waals surface area contributed by atoms with Crippen molar-refractivity contribution >= 4 is 11.5 Å². The number of hydrogen-bond acceptors (Lipinski definition) is 3. The molecule has 0 radical (unpaired) electrons. The van der Waals surface area contributed by atoms with Gasteiger partial charge in [-0.1, -0.05) is 0 Å².